The van der Waals surface area contributed by atoms with Crippen molar-refractivity contribution in [2.45, 2.75) is 0 Å². The molecule has 0 fully saturated rings. The Kier molecular flexibility index (Phi) is 6.61. The summed E-state index contributed by atoms with van der Waals surface area (Å²) >= 11 is 0. The molecule has 0 atom stereocenters. The molecule has 0 saturated carbocycles. The number of benzene rings is 8. The van der Waals surface area contributed by atoms with Gasteiger partial charge in [-0.15, -0.1) is 0 Å². The second-order valence-electron chi connectivity index (χ2n) is 13.9. The molecule has 3 heterocycles. The summed E-state index contributed by atoms with van der Waals surface area (Å²) in [6.07, 6.45) is 0. The predicted molar refractivity (Wildman–Crippen MR) is 226 cm³/mol. The minimum absolute atomic E-state index is 0.584. The van der Waals surface area contributed by atoms with Crippen molar-refractivity contribution in [2.75, 3.05) is 0 Å². The zero-order valence-corrected chi connectivity index (χ0v) is 29.5. The highest BCUT2D eigenvalue weighted by molar-refractivity contribution is 6.16. The van der Waals surface area contributed by atoms with Gasteiger partial charge in [-0.25, -0.2) is 4.85 Å². The number of nitrogens with zero attached hydrogens (tertiary/aromatic N) is 5. The van der Waals surface area contributed by atoms with Crippen LogP contribution in [0.4, 0.5) is 5.69 Å². The van der Waals surface area contributed by atoms with Crippen LogP contribution in [0.3, 0.4) is 0 Å². The summed E-state index contributed by atoms with van der Waals surface area (Å²) in [7, 11) is 0. The first-order chi connectivity index (χ1) is 27.2. The van der Waals surface area contributed by atoms with Crippen LogP contribution >= 0.6 is 0 Å². The lowest BCUT2D eigenvalue weighted by Gasteiger charge is -2.19. The van der Waals surface area contributed by atoms with Crippen LogP contribution in [-0.2, 0) is 0 Å². The largest absolute Gasteiger partial charge is 0.310 e. The molecule has 55 heavy (non-hydrogen) atoms. The Morgan fingerprint density at radius 2 is 1.00 bits per heavy atom. The third kappa shape index (κ3) is 4.39. The number of rotatable bonds is 4. The van der Waals surface area contributed by atoms with Gasteiger partial charge in [-0.2, -0.15) is 5.26 Å². The number of nitriles is 1. The summed E-state index contributed by atoms with van der Waals surface area (Å²) in [4.78, 5) is 3.76. The molecule has 254 valence electrons. The first-order valence-corrected chi connectivity index (χ1v) is 18.3. The Morgan fingerprint density at radius 1 is 0.455 bits per heavy atom. The topological polar surface area (TPSA) is 42.9 Å². The lowest BCUT2D eigenvalue weighted by molar-refractivity contribution is 1.12. The molecule has 0 aliphatic carbocycles. The Hall–Kier alpha value is -7.86. The lowest BCUT2D eigenvalue weighted by atomic mass is 9.99. The molecule has 0 bridgehead atoms. The first-order valence-electron chi connectivity index (χ1n) is 18.3. The van der Waals surface area contributed by atoms with Crippen LogP contribution < -0.4 is 0 Å². The zero-order valence-electron chi connectivity index (χ0n) is 29.5. The highest BCUT2D eigenvalue weighted by Crippen LogP contribution is 2.43. The molecule has 0 radical (unpaired) electrons. The molecular weight excluding hydrogens is 671 g/mol. The lowest BCUT2D eigenvalue weighted by Crippen LogP contribution is -2.04. The quantitative estimate of drug-likeness (QED) is 0.169. The van der Waals surface area contributed by atoms with Crippen LogP contribution in [0.1, 0.15) is 5.56 Å². The number of hydrogen-bond acceptors (Lipinski definition) is 1. The zero-order chi connectivity index (χ0) is 36.6. The van der Waals surface area contributed by atoms with E-state index >= 15 is 0 Å². The fraction of sp³-hybridized carbons (Fsp3) is 0. The van der Waals surface area contributed by atoms with Gasteiger partial charge in [0, 0.05) is 49.1 Å². The third-order valence-corrected chi connectivity index (χ3v) is 11.1. The van der Waals surface area contributed by atoms with Crippen LogP contribution in [0.15, 0.2) is 176 Å². The normalized spacial score (nSPS) is 11.6. The summed E-state index contributed by atoms with van der Waals surface area (Å²) in [5, 5.41) is 17.7. The highest BCUT2D eigenvalue weighted by atomic mass is 15.1. The van der Waals surface area contributed by atoms with E-state index in [4.69, 9.17) is 6.57 Å². The van der Waals surface area contributed by atoms with E-state index in [1.165, 1.54) is 10.8 Å². The molecule has 0 aliphatic heterocycles. The average molecular weight is 700 g/mol. The minimum Gasteiger partial charge on any atom is -0.310 e. The molecule has 5 nitrogen and oxygen atoms in total. The fourth-order valence-electron chi connectivity index (χ4n) is 8.82. The van der Waals surface area contributed by atoms with Crippen molar-refractivity contribution in [3.63, 3.8) is 0 Å². The molecule has 5 heteroatoms. The predicted octanol–water partition coefficient (Wildman–Crippen LogP) is 13.1. The van der Waals surface area contributed by atoms with E-state index in [0.29, 0.717) is 11.3 Å². The van der Waals surface area contributed by atoms with Crippen LogP contribution in [-0.4, -0.2) is 13.7 Å². The van der Waals surface area contributed by atoms with Crippen molar-refractivity contribution >= 4 is 71.1 Å². The van der Waals surface area contributed by atoms with Crippen molar-refractivity contribution in [1.29, 1.82) is 5.26 Å². The van der Waals surface area contributed by atoms with Gasteiger partial charge < -0.3 is 13.7 Å². The number of hydrogen-bond donors (Lipinski definition) is 0. The maximum atomic E-state index is 10.9. The number of para-hydroxylation sites is 6. The molecule has 0 spiro atoms. The summed E-state index contributed by atoms with van der Waals surface area (Å²) in [5.74, 6) is 0. The van der Waals surface area contributed by atoms with Gasteiger partial charge in [0.1, 0.15) is 6.07 Å². The summed E-state index contributed by atoms with van der Waals surface area (Å²) in [5.41, 5.74) is 12.3. The van der Waals surface area contributed by atoms with Gasteiger partial charge in [0.25, 0.3) is 0 Å². The van der Waals surface area contributed by atoms with Gasteiger partial charge in [0.05, 0.1) is 51.1 Å². The fourth-order valence-corrected chi connectivity index (χ4v) is 8.82. The van der Waals surface area contributed by atoms with Crippen molar-refractivity contribution in [1.82, 2.24) is 13.7 Å². The van der Waals surface area contributed by atoms with Crippen LogP contribution in [0.2, 0.25) is 0 Å². The van der Waals surface area contributed by atoms with E-state index in [1.54, 1.807) is 0 Å². The van der Waals surface area contributed by atoms with Gasteiger partial charge in [0.15, 0.2) is 5.69 Å². The van der Waals surface area contributed by atoms with E-state index in [1.807, 2.05) is 24.3 Å². The van der Waals surface area contributed by atoms with E-state index < -0.39 is 0 Å². The van der Waals surface area contributed by atoms with Gasteiger partial charge in [0.2, 0.25) is 0 Å². The summed E-state index contributed by atoms with van der Waals surface area (Å²) < 4.78 is 6.93. The van der Waals surface area contributed by atoms with E-state index in [-0.39, 0.29) is 0 Å². The summed E-state index contributed by atoms with van der Waals surface area (Å²) in [6, 6.07) is 63.7. The van der Waals surface area contributed by atoms with Crippen molar-refractivity contribution in [3.05, 3.63) is 193 Å². The van der Waals surface area contributed by atoms with Crippen LogP contribution in [0, 0.1) is 17.9 Å². The monoisotopic (exact) mass is 699 g/mol. The van der Waals surface area contributed by atoms with E-state index in [9.17, 15) is 5.26 Å². The Bertz CT molecular complexity index is 3420. The molecule has 11 rings (SSSR count). The maximum absolute atomic E-state index is 10.9. The second kappa shape index (κ2) is 11.8. The van der Waals surface area contributed by atoms with E-state index in [0.717, 1.165) is 82.8 Å². The molecule has 0 saturated heterocycles. The molecule has 3 aromatic heterocycles. The second-order valence-corrected chi connectivity index (χ2v) is 13.9. The van der Waals surface area contributed by atoms with Crippen molar-refractivity contribution < 1.29 is 0 Å². The maximum Gasteiger partial charge on any atom is 0.189 e. The molecule has 0 aliphatic rings. The Balaban J connectivity index is 1.23. The Morgan fingerprint density at radius 3 is 1.65 bits per heavy atom. The number of aromatic nitrogens is 3. The van der Waals surface area contributed by atoms with Crippen molar-refractivity contribution in [2.24, 2.45) is 0 Å². The van der Waals surface area contributed by atoms with Gasteiger partial charge in [-0.3, -0.25) is 0 Å². The van der Waals surface area contributed by atoms with E-state index in [2.05, 4.69) is 176 Å². The highest BCUT2D eigenvalue weighted by Gasteiger charge is 2.23. The van der Waals surface area contributed by atoms with Gasteiger partial charge >= 0.3 is 0 Å². The van der Waals surface area contributed by atoms with Gasteiger partial charge in [-0.1, -0.05) is 121 Å². The molecule has 0 unspecified atom stereocenters. The molecular formula is C50H29N5. The first kappa shape index (κ1) is 30.7. The minimum atomic E-state index is 0.584. The molecule has 8 aromatic carbocycles. The van der Waals surface area contributed by atoms with Crippen LogP contribution in [0.5, 0.6) is 0 Å². The molecule has 0 amide bonds. The standard InChI is InChI=1S/C50H29N5/c1-52-34-27-28-41-39-18-2-6-22-43(39)53(48(41)30-34)35-15-10-13-32(29-35)36-20-11-14-33(31-51)49(36)55-46-25-9-5-19-40(46)42-21-12-26-47(50(42)55)54-44-23-7-3-16-37(44)38-17-4-8-24-45(38)54/h2-30H. The summed E-state index contributed by atoms with van der Waals surface area (Å²) in [6.45, 7) is 7.75. The third-order valence-electron chi connectivity index (χ3n) is 11.1. The average Bonchev–Trinajstić information content (AvgIpc) is 3.89. The Labute approximate surface area is 316 Å². The molecule has 0 N–H and O–H groups in total. The van der Waals surface area contributed by atoms with Gasteiger partial charge in [-0.05, 0) is 60.2 Å². The van der Waals surface area contributed by atoms with Crippen LogP contribution in [0.25, 0.3) is 98.5 Å². The smallest absolute Gasteiger partial charge is 0.189 e. The van der Waals surface area contributed by atoms with Crippen molar-refractivity contribution in [3.8, 4) is 34.3 Å². The molecule has 11 aromatic rings. The SMILES string of the molecule is [C-]#[N+]c1ccc2c3ccccc3n(-c3cccc(-c4cccc(C#N)c4-n4c5ccccc5c5cccc(-n6c7ccccc7c7ccccc76)c54)c3)c2c1. The number of fused-ring (bicyclic) bond motifs is 9.